The maximum absolute atomic E-state index is 14.9. The van der Waals surface area contributed by atoms with Crippen molar-refractivity contribution in [2.45, 2.75) is 38.0 Å². The van der Waals surface area contributed by atoms with Crippen LogP contribution in [0, 0.1) is 17.5 Å². The molecule has 1 aromatic heterocycles. The summed E-state index contributed by atoms with van der Waals surface area (Å²) in [5, 5.41) is 1.27. The number of thiophene rings is 1. The molecule has 1 saturated carbocycles. The molecule has 22 heavy (non-hydrogen) atoms. The molecule has 0 radical (unpaired) electrons. The molecule has 0 N–H and O–H groups in total. The largest absolute Gasteiger partial charge is 0.205 e. The SMILES string of the molecule is Fc1ccc2c(sc3c(F)c(C4CCCCC4)ccc32)c1F. The van der Waals surface area contributed by atoms with Gasteiger partial charge in [0.25, 0.3) is 0 Å². The van der Waals surface area contributed by atoms with Crippen LogP contribution >= 0.6 is 11.3 Å². The van der Waals surface area contributed by atoms with E-state index in [4.69, 9.17) is 0 Å². The monoisotopic (exact) mass is 320 g/mol. The van der Waals surface area contributed by atoms with Gasteiger partial charge in [-0.05, 0) is 36.5 Å². The second-order valence-electron chi connectivity index (χ2n) is 6.02. The van der Waals surface area contributed by atoms with Crippen molar-refractivity contribution in [3.8, 4) is 0 Å². The Hall–Kier alpha value is -1.55. The second-order valence-corrected chi connectivity index (χ2v) is 7.04. The Kier molecular flexibility index (Phi) is 3.37. The Morgan fingerprint density at radius 2 is 1.41 bits per heavy atom. The third-order valence-corrected chi connectivity index (χ3v) is 5.92. The van der Waals surface area contributed by atoms with E-state index < -0.39 is 11.6 Å². The number of fused-ring (bicyclic) bond motifs is 3. The predicted octanol–water partition coefficient (Wildman–Crippen LogP) is 6.52. The Morgan fingerprint density at radius 1 is 0.773 bits per heavy atom. The lowest BCUT2D eigenvalue weighted by atomic mass is 9.83. The molecule has 3 aromatic rings. The standard InChI is InChI=1S/C18H15F3S/c19-14-9-8-13-12-7-6-11(10-4-2-1-3-5-10)15(20)17(12)22-18(13)16(14)21/h6-10H,1-5H2. The summed E-state index contributed by atoms with van der Waals surface area (Å²) in [7, 11) is 0. The fourth-order valence-corrected chi connectivity index (χ4v) is 4.73. The third kappa shape index (κ3) is 2.04. The molecular formula is C18H15F3S. The molecule has 1 heterocycles. The van der Waals surface area contributed by atoms with Crippen molar-refractivity contribution < 1.29 is 13.2 Å². The van der Waals surface area contributed by atoms with Gasteiger partial charge in [-0.2, -0.15) is 0 Å². The van der Waals surface area contributed by atoms with E-state index >= 15 is 0 Å². The maximum Gasteiger partial charge on any atom is 0.176 e. The molecule has 0 bridgehead atoms. The van der Waals surface area contributed by atoms with Crippen LogP contribution < -0.4 is 0 Å². The van der Waals surface area contributed by atoms with Gasteiger partial charge >= 0.3 is 0 Å². The van der Waals surface area contributed by atoms with Gasteiger partial charge in [-0.3, -0.25) is 0 Å². The first-order valence-corrected chi connectivity index (χ1v) is 8.47. The van der Waals surface area contributed by atoms with E-state index in [1.165, 1.54) is 12.5 Å². The Morgan fingerprint density at radius 3 is 2.14 bits per heavy atom. The molecule has 2 aromatic carbocycles. The Balaban J connectivity index is 1.95. The number of benzene rings is 2. The van der Waals surface area contributed by atoms with Gasteiger partial charge in [0.15, 0.2) is 11.6 Å². The van der Waals surface area contributed by atoms with E-state index in [1.807, 2.05) is 12.1 Å². The van der Waals surface area contributed by atoms with E-state index in [-0.39, 0.29) is 16.4 Å². The minimum absolute atomic E-state index is 0.203. The lowest BCUT2D eigenvalue weighted by Crippen LogP contribution is -2.06. The highest BCUT2D eigenvalue weighted by Gasteiger charge is 2.22. The minimum atomic E-state index is -0.882. The van der Waals surface area contributed by atoms with Crippen molar-refractivity contribution in [1.82, 2.24) is 0 Å². The summed E-state index contributed by atoms with van der Waals surface area (Å²) in [6, 6.07) is 6.34. The number of hydrogen-bond donors (Lipinski definition) is 0. The Labute approximate surface area is 130 Å². The van der Waals surface area contributed by atoms with E-state index in [0.717, 1.165) is 48.6 Å². The average Bonchev–Trinajstić information content (AvgIpc) is 2.93. The van der Waals surface area contributed by atoms with Crippen LogP contribution in [-0.2, 0) is 0 Å². The molecule has 0 atom stereocenters. The van der Waals surface area contributed by atoms with Crippen LogP contribution in [0.2, 0.25) is 0 Å². The normalized spacial score (nSPS) is 16.7. The van der Waals surface area contributed by atoms with Crippen LogP contribution in [0.4, 0.5) is 13.2 Å². The van der Waals surface area contributed by atoms with Crippen LogP contribution in [-0.4, -0.2) is 0 Å². The zero-order valence-corrected chi connectivity index (χ0v) is 12.8. The molecule has 0 spiro atoms. The van der Waals surface area contributed by atoms with Crippen molar-refractivity contribution in [2.24, 2.45) is 0 Å². The van der Waals surface area contributed by atoms with E-state index in [1.54, 1.807) is 0 Å². The van der Waals surface area contributed by atoms with Crippen LogP contribution in [0.25, 0.3) is 20.2 Å². The molecule has 0 nitrogen and oxygen atoms in total. The quantitative estimate of drug-likeness (QED) is 0.479. The molecule has 1 fully saturated rings. The zero-order valence-electron chi connectivity index (χ0n) is 12.0. The third-order valence-electron chi connectivity index (χ3n) is 4.72. The first-order valence-electron chi connectivity index (χ1n) is 7.65. The van der Waals surface area contributed by atoms with Crippen molar-refractivity contribution in [2.75, 3.05) is 0 Å². The number of halogens is 3. The van der Waals surface area contributed by atoms with Crippen LogP contribution in [0.15, 0.2) is 24.3 Å². The first-order chi connectivity index (χ1) is 10.7. The van der Waals surface area contributed by atoms with Crippen molar-refractivity contribution in [3.63, 3.8) is 0 Å². The molecule has 4 heteroatoms. The van der Waals surface area contributed by atoms with Gasteiger partial charge < -0.3 is 0 Å². The summed E-state index contributed by atoms with van der Waals surface area (Å²) < 4.78 is 42.9. The van der Waals surface area contributed by atoms with Gasteiger partial charge in [0, 0.05) is 10.8 Å². The summed E-state index contributed by atoms with van der Waals surface area (Å²) in [6.45, 7) is 0. The van der Waals surface area contributed by atoms with Gasteiger partial charge in [0.05, 0.1) is 9.40 Å². The van der Waals surface area contributed by atoms with Crippen molar-refractivity contribution in [1.29, 1.82) is 0 Å². The Bertz CT molecular complexity index is 860. The van der Waals surface area contributed by atoms with Crippen LogP contribution in [0.1, 0.15) is 43.6 Å². The summed E-state index contributed by atoms with van der Waals surface area (Å²) in [5.41, 5.74) is 0.736. The van der Waals surface area contributed by atoms with E-state index in [2.05, 4.69) is 0 Å². The molecule has 0 saturated heterocycles. The van der Waals surface area contributed by atoms with E-state index in [9.17, 15) is 13.2 Å². The first kappa shape index (κ1) is 14.1. The highest BCUT2D eigenvalue weighted by atomic mass is 32.1. The van der Waals surface area contributed by atoms with Crippen molar-refractivity contribution in [3.05, 3.63) is 47.3 Å². The summed E-state index contributed by atoms with van der Waals surface area (Å²) in [6.07, 6.45) is 5.50. The fourth-order valence-electron chi connectivity index (χ4n) is 3.56. The van der Waals surface area contributed by atoms with Crippen LogP contribution in [0.3, 0.4) is 0 Å². The van der Waals surface area contributed by atoms with E-state index in [0.29, 0.717) is 15.5 Å². The number of rotatable bonds is 1. The van der Waals surface area contributed by atoms with Crippen molar-refractivity contribution >= 4 is 31.5 Å². The fraction of sp³-hybridized carbons (Fsp3) is 0.333. The van der Waals surface area contributed by atoms with Gasteiger partial charge in [-0.1, -0.05) is 31.4 Å². The topological polar surface area (TPSA) is 0 Å². The van der Waals surface area contributed by atoms with Gasteiger partial charge in [0.2, 0.25) is 0 Å². The molecule has 0 aliphatic heterocycles. The van der Waals surface area contributed by atoms with Gasteiger partial charge in [-0.15, -0.1) is 11.3 Å². The minimum Gasteiger partial charge on any atom is -0.205 e. The molecule has 0 amide bonds. The van der Waals surface area contributed by atoms with Gasteiger partial charge in [0.1, 0.15) is 5.82 Å². The average molecular weight is 320 g/mol. The molecule has 1 aliphatic carbocycles. The summed E-state index contributed by atoms with van der Waals surface area (Å²) in [5.74, 6) is -1.75. The summed E-state index contributed by atoms with van der Waals surface area (Å²) >= 11 is 1.02. The predicted molar refractivity (Wildman–Crippen MR) is 85.0 cm³/mol. The lowest BCUT2D eigenvalue weighted by molar-refractivity contribution is 0.431. The van der Waals surface area contributed by atoms with Crippen LogP contribution in [0.5, 0.6) is 0 Å². The lowest BCUT2D eigenvalue weighted by Gasteiger charge is -2.22. The maximum atomic E-state index is 14.9. The molecule has 4 rings (SSSR count). The molecule has 0 unspecified atom stereocenters. The molecular weight excluding hydrogens is 305 g/mol. The number of hydrogen-bond acceptors (Lipinski definition) is 1. The van der Waals surface area contributed by atoms with Gasteiger partial charge in [-0.25, -0.2) is 13.2 Å². The molecule has 1 aliphatic rings. The smallest absolute Gasteiger partial charge is 0.176 e. The second kappa shape index (κ2) is 5.27. The zero-order chi connectivity index (χ0) is 15.3. The highest BCUT2D eigenvalue weighted by Crippen LogP contribution is 2.42. The highest BCUT2D eigenvalue weighted by molar-refractivity contribution is 7.25. The summed E-state index contributed by atoms with van der Waals surface area (Å²) in [4.78, 5) is 0. The molecule has 114 valence electrons.